The van der Waals surface area contributed by atoms with E-state index < -0.39 is 38.8 Å². The molecule has 1 unspecified atom stereocenters. The summed E-state index contributed by atoms with van der Waals surface area (Å²) in [5.74, 6) is 0.629. The van der Waals surface area contributed by atoms with E-state index >= 15 is 0 Å². The van der Waals surface area contributed by atoms with Gasteiger partial charge in [0.25, 0.3) is 0 Å². The number of aliphatic hydroxyl groups is 1. The number of hydrogen-bond donors (Lipinski definition) is 8. The number of carbonyl (C=O) groups is 5. The molecule has 6 heterocycles. The highest BCUT2D eigenvalue weighted by molar-refractivity contribution is 7.84. The molecule has 28 heteroatoms. The second kappa shape index (κ2) is 39.5. The quantitative estimate of drug-likeness (QED) is 0.00820. The number of nitrogens with zero attached hydrogens (tertiary/aromatic N) is 1. The Balaban J connectivity index is 0.000000178. The highest BCUT2D eigenvalue weighted by Gasteiger charge is 2.43. The van der Waals surface area contributed by atoms with Crippen LogP contribution >= 0.6 is 11.6 Å². The Hall–Kier alpha value is -11.0. The predicted octanol–water partition coefficient (Wildman–Crippen LogP) is 17.4. The molecule has 8 N–H and O–H groups in total. The fraction of sp³-hybridized carbons (Fsp3) is 0.378. The molecule has 1 aliphatic carbocycles. The average Bonchev–Trinajstić information content (AvgIpc) is 1.59. The maximum atomic E-state index is 13.4. The van der Waals surface area contributed by atoms with Crippen molar-refractivity contribution in [3.63, 3.8) is 0 Å². The SMILES string of the molecule is CC(C)(C)OCCOc1cc(C(=O)CC[C@@](C)(O)c2cc3c(c(Cl)n2)OC[C@@]3(C)NS(=O)C(C)(C)C)cc2c1CC=C2.CC(C)(C)OCCOc1cc(C(=O)O)cc2cc[nH]c12.COC(=O)c1cc(O)c2[nH]ccc2c1.COC(=O)c1cc(OCCOC(C)(C)C)c2[nH]ccc2c1.COC(=O)c1cc(OCc2ccccc2)c2[nH]ccc2c1. The van der Waals surface area contributed by atoms with Gasteiger partial charge in [0.15, 0.2) is 16.7 Å². The van der Waals surface area contributed by atoms with Crippen LogP contribution in [0.3, 0.4) is 0 Å². The van der Waals surface area contributed by atoms with E-state index in [2.05, 4.69) is 40.5 Å². The van der Waals surface area contributed by atoms with Gasteiger partial charge in [-0.3, -0.25) is 4.79 Å². The zero-order valence-electron chi connectivity index (χ0n) is 69.8. The maximum Gasteiger partial charge on any atom is 0.338 e. The van der Waals surface area contributed by atoms with E-state index in [1.165, 1.54) is 33.5 Å². The molecule has 6 aromatic carbocycles. The first-order valence-corrected chi connectivity index (χ1v) is 39.9. The molecule has 5 aromatic heterocycles. The maximum absolute atomic E-state index is 13.4. The molecular weight excluding hydrogens is 1550 g/mol. The summed E-state index contributed by atoms with van der Waals surface area (Å²) in [4.78, 5) is 75.6. The number of phenols is 1. The number of aromatic amines is 4. The number of phenolic OH excluding ortho intramolecular Hbond substituents is 1. The molecule has 13 rings (SSSR count). The van der Waals surface area contributed by atoms with E-state index in [0.29, 0.717) is 114 Å². The second-order valence-corrected chi connectivity index (χ2v) is 34.6. The number of allylic oxidation sites excluding steroid dienone is 1. The molecule has 26 nitrogen and oxygen atoms in total. The number of esters is 3. The summed E-state index contributed by atoms with van der Waals surface area (Å²) in [6.45, 7) is 30.2. The third-order valence-electron chi connectivity index (χ3n) is 18.4. The van der Waals surface area contributed by atoms with Gasteiger partial charge < -0.3 is 87.4 Å². The molecule has 118 heavy (non-hydrogen) atoms. The summed E-state index contributed by atoms with van der Waals surface area (Å²) in [5, 5.41) is 33.7. The number of ketones is 1. The number of pyridine rings is 1. The molecule has 1 aliphatic heterocycles. The van der Waals surface area contributed by atoms with Crippen LogP contribution in [0.25, 0.3) is 49.7 Å². The lowest BCUT2D eigenvalue weighted by molar-refractivity contribution is -0.0165. The zero-order chi connectivity index (χ0) is 86.1. The lowest BCUT2D eigenvalue weighted by Gasteiger charge is -2.30. The van der Waals surface area contributed by atoms with E-state index in [1.54, 1.807) is 73.9 Å². The number of fused-ring (bicyclic) bond motifs is 6. The van der Waals surface area contributed by atoms with Crippen molar-refractivity contribution in [3.8, 4) is 34.5 Å². The minimum atomic E-state index is -1.46. The van der Waals surface area contributed by atoms with Gasteiger partial charge in [0.2, 0.25) is 0 Å². The summed E-state index contributed by atoms with van der Waals surface area (Å²) in [6, 6.07) is 35.8. The van der Waals surface area contributed by atoms with Crippen molar-refractivity contribution in [2.75, 3.05) is 67.6 Å². The van der Waals surface area contributed by atoms with Crippen molar-refractivity contribution in [2.24, 2.45) is 0 Å². The van der Waals surface area contributed by atoms with Crippen LogP contribution in [-0.2, 0) is 63.6 Å². The van der Waals surface area contributed by atoms with Crippen LogP contribution in [0.5, 0.6) is 34.5 Å². The Kier molecular flexibility index (Phi) is 30.4. The van der Waals surface area contributed by atoms with Gasteiger partial charge in [0.1, 0.15) is 67.4 Å². The molecule has 0 radical (unpaired) electrons. The number of aromatic nitrogens is 5. The monoisotopic (exact) mass is 1660 g/mol. The first-order valence-electron chi connectivity index (χ1n) is 38.4. The van der Waals surface area contributed by atoms with Gasteiger partial charge in [-0.2, -0.15) is 0 Å². The van der Waals surface area contributed by atoms with Gasteiger partial charge >= 0.3 is 23.9 Å². The van der Waals surface area contributed by atoms with Gasteiger partial charge in [-0.05, 0) is 212 Å². The smallest absolute Gasteiger partial charge is 0.338 e. The lowest BCUT2D eigenvalue weighted by atomic mass is 9.89. The number of carboxylic acid groups (broad SMARTS) is 1. The third kappa shape index (κ3) is 25.0. The fourth-order valence-electron chi connectivity index (χ4n) is 12.3. The minimum absolute atomic E-state index is 0.0490. The summed E-state index contributed by atoms with van der Waals surface area (Å²) >= 11 is 6.49. The Bertz CT molecular complexity index is 5390. The van der Waals surface area contributed by atoms with Crippen molar-refractivity contribution in [3.05, 3.63) is 213 Å². The van der Waals surface area contributed by atoms with Crippen LogP contribution in [0, 0.1) is 0 Å². The molecule has 3 atom stereocenters. The van der Waals surface area contributed by atoms with Crippen LogP contribution in [0.1, 0.15) is 190 Å². The summed E-state index contributed by atoms with van der Waals surface area (Å²) in [6.07, 6.45) is 12.1. The molecule has 0 saturated carbocycles. The molecule has 0 amide bonds. The van der Waals surface area contributed by atoms with Crippen molar-refractivity contribution in [2.45, 2.75) is 155 Å². The number of halogens is 1. The van der Waals surface area contributed by atoms with E-state index in [4.69, 9.17) is 64.1 Å². The number of aromatic carboxylic acids is 1. The Morgan fingerprint density at radius 3 is 1.45 bits per heavy atom. The molecule has 0 spiro atoms. The number of carboxylic acids is 1. The highest BCUT2D eigenvalue weighted by atomic mass is 35.5. The minimum Gasteiger partial charge on any atom is -0.506 e. The largest absolute Gasteiger partial charge is 0.506 e. The van der Waals surface area contributed by atoms with Crippen LogP contribution < -0.4 is 28.4 Å². The number of ether oxygens (including phenoxy) is 11. The second-order valence-electron chi connectivity index (χ2n) is 32.3. The van der Waals surface area contributed by atoms with Crippen molar-refractivity contribution >= 4 is 102 Å². The van der Waals surface area contributed by atoms with E-state index in [9.17, 15) is 38.4 Å². The molecule has 0 fully saturated rings. The number of nitrogens with one attached hydrogen (secondary N) is 5. The van der Waals surface area contributed by atoms with Gasteiger partial charge in [-0.25, -0.2) is 33.1 Å². The van der Waals surface area contributed by atoms with E-state index in [0.717, 1.165) is 61.2 Å². The van der Waals surface area contributed by atoms with Crippen LogP contribution in [-0.4, -0.2) is 163 Å². The number of benzene rings is 6. The zero-order valence-corrected chi connectivity index (χ0v) is 71.4. The number of hydrogen-bond acceptors (Lipinski definition) is 20. The van der Waals surface area contributed by atoms with Crippen molar-refractivity contribution in [1.82, 2.24) is 29.6 Å². The van der Waals surface area contributed by atoms with Gasteiger partial charge in [-0.15, -0.1) is 0 Å². The number of Topliss-reactive ketones (excluding diaryl/α,β-unsaturated/α-hetero) is 1. The normalized spacial score (nSPS) is 14.3. The Morgan fingerprint density at radius 2 is 0.983 bits per heavy atom. The standard InChI is InChI=1S/C32H43ClN2O6S.C17H15NO3.C16H21NO4.C15H19NO4.C10H9NO3/c1-29(2,3)41-15-14-39-25-17-21(16-20-10-9-11-22(20)25)24(36)12-13-32(8,37)26-18-23-27(28(33)34-26)40-19-31(23,7)35-42(38)30(4,5)6;1-20-17(19)14-9-13-7-8-18-16(13)15(10-14)21-11-12-5-3-2-4-6-12;1-16(2,3)21-8-7-20-13-10-12(15(18)19-4)9-11-5-6-17-14(11)13;1-15(2,3)20-7-6-19-12-9-11(14(17)18)8-10-4-5-16-13(10)12;1-14-10(13)7-4-6-2-3-11-9(6)8(12)5-7/h9-10,16-18,35,37H,11-15,19H2,1-8H3;2-10,18H,11H2,1H3;5-6,9-10,17H,7-8H2,1-4H3;4-5,8-9,16H,6-7H2,1-3H3,(H,17,18);2-5,11-12H,1H3/t31-,32-,42?;;;;/m1..../s1. The molecular formula is C90H107ClN6O20S. The first-order chi connectivity index (χ1) is 55.7. The van der Waals surface area contributed by atoms with Gasteiger partial charge in [0.05, 0.1) is 129 Å². The molecule has 630 valence electrons. The van der Waals surface area contributed by atoms with Gasteiger partial charge in [0, 0.05) is 69.4 Å². The summed E-state index contributed by atoms with van der Waals surface area (Å²) in [5.41, 5.74) is 6.34. The summed E-state index contributed by atoms with van der Waals surface area (Å²) in [7, 11) is 2.67. The molecule has 11 aromatic rings. The summed E-state index contributed by atoms with van der Waals surface area (Å²) < 4.78 is 75.8. The Labute approximate surface area is 694 Å². The van der Waals surface area contributed by atoms with Crippen molar-refractivity contribution < 1.29 is 95.6 Å². The van der Waals surface area contributed by atoms with Crippen LogP contribution in [0.2, 0.25) is 5.15 Å². The van der Waals surface area contributed by atoms with Gasteiger partial charge in [-0.1, -0.05) is 54.1 Å². The number of carbonyl (C=O) groups excluding carboxylic acids is 4. The lowest BCUT2D eigenvalue weighted by Crippen LogP contribution is -2.47. The fourth-order valence-corrected chi connectivity index (χ4v) is 13.4. The first kappa shape index (κ1) is 90.9. The number of H-pyrrole nitrogens is 4. The highest BCUT2D eigenvalue weighted by Crippen LogP contribution is 2.45. The van der Waals surface area contributed by atoms with E-state index in [1.807, 2.05) is 163 Å². The predicted molar refractivity (Wildman–Crippen MR) is 456 cm³/mol. The Morgan fingerprint density at radius 1 is 0.551 bits per heavy atom. The molecule has 0 bridgehead atoms. The number of aromatic hydroxyl groups is 1. The third-order valence-corrected chi connectivity index (χ3v) is 20.4. The number of rotatable bonds is 26. The van der Waals surface area contributed by atoms with Crippen LogP contribution in [0.15, 0.2) is 152 Å². The van der Waals surface area contributed by atoms with E-state index in [-0.39, 0.29) is 70.4 Å². The molecule has 0 saturated heterocycles. The average molecular weight is 1660 g/mol. The van der Waals surface area contributed by atoms with Crippen molar-refractivity contribution in [1.29, 1.82) is 0 Å². The number of methoxy groups -OCH3 is 3. The van der Waals surface area contributed by atoms with Crippen LogP contribution in [0.4, 0.5) is 0 Å². The topological polar surface area (TPSA) is 353 Å². The molecule has 2 aliphatic rings.